The first-order valence-electron chi connectivity index (χ1n) is 4.64. The van der Waals surface area contributed by atoms with Crippen LogP contribution >= 0.6 is 0 Å². The third-order valence-electron chi connectivity index (χ3n) is 2.23. The quantitative estimate of drug-likeness (QED) is 0.408. The average molecular weight is 220 g/mol. The zero-order chi connectivity index (χ0) is 11.4. The second-order valence-electron chi connectivity index (χ2n) is 3.32. The molecular formula is C9H16O6. The summed E-state index contributed by atoms with van der Waals surface area (Å²) in [5.41, 5.74) is 0. The molecule has 1 aliphatic rings. The van der Waals surface area contributed by atoms with Crippen LogP contribution in [-0.4, -0.2) is 64.3 Å². The van der Waals surface area contributed by atoms with Gasteiger partial charge in [0.2, 0.25) is 0 Å². The van der Waals surface area contributed by atoms with Crippen LogP contribution in [0.5, 0.6) is 0 Å². The fraction of sp³-hybridized carbons (Fsp3) is 0.778. The summed E-state index contributed by atoms with van der Waals surface area (Å²) >= 11 is 0. The van der Waals surface area contributed by atoms with Gasteiger partial charge in [-0.15, -0.1) is 6.58 Å². The van der Waals surface area contributed by atoms with Gasteiger partial charge in [0.05, 0.1) is 13.2 Å². The minimum atomic E-state index is -1.40. The van der Waals surface area contributed by atoms with Crippen molar-refractivity contribution in [1.82, 2.24) is 0 Å². The molecule has 6 heteroatoms. The van der Waals surface area contributed by atoms with Crippen molar-refractivity contribution in [3.63, 3.8) is 0 Å². The van der Waals surface area contributed by atoms with E-state index in [1.54, 1.807) is 0 Å². The van der Waals surface area contributed by atoms with E-state index in [9.17, 15) is 15.3 Å². The van der Waals surface area contributed by atoms with E-state index in [2.05, 4.69) is 6.58 Å². The number of aliphatic hydroxyl groups excluding tert-OH is 4. The largest absolute Gasteiger partial charge is 0.394 e. The van der Waals surface area contributed by atoms with E-state index in [1.165, 1.54) is 6.08 Å². The molecule has 0 aromatic carbocycles. The molecule has 6 nitrogen and oxygen atoms in total. The molecule has 5 atom stereocenters. The molecule has 0 amide bonds. The summed E-state index contributed by atoms with van der Waals surface area (Å²) in [6.07, 6.45) is -4.64. The van der Waals surface area contributed by atoms with Crippen molar-refractivity contribution in [1.29, 1.82) is 0 Å². The molecule has 15 heavy (non-hydrogen) atoms. The number of ether oxygens (including phenoxy) is 2. The van der Waals surface area contributed by atoms with E-state index in [0.717, 1.165) is 0 Å². The van der Waals surface area contributed by atoms with Gasteiger partial charge in [-0.2, -0.15) is 0 Å². The average Bonchev–Trinajstić information content (AvgIpc) is 2.25. The van der Waals surface area contributed by atoms with E-state index in [4.69, 9.17) is 14.6 Å². The Hall–Kier alpha value is -0.500. The maximum atomic E-state index is 9.47. The van der Waals surface area contributed by atoms with E-state index >= 15 is 0 Å². The Morgan fingerprint density at radius 1 is 1.20 bits per heavy atom. The molecule has 0 saturated carbocycles. The van der Waals surface area contributed by atoms with Crippen LogP contribution in [0.3, 0.4) is 0 Å². The number of rotatable bonds is 4. The molecule has 0 aromatic rings. The van der Waals surface area contributed by atoms with Crippen LogP contribution in [0.15, 0.2) is 12.7 Å². The number of aliphatic hydroxyl groups is 4. The van der Waals surface area contributed by atoms with Crippen LogP contribution in [-0.2, 0) is 9.47 Å². The first-order chi connectivity index (χ1) is 7.11. The predicted molar refractivity (Wildman–Crippen MR) is 49.9 cm³/mol. The lowest BCUT2D eigenvalue weighted by Crippen LogP contribution is -2.59. The van der Waals surface area contributed by atoms with Gasteiger partial charge in [0.15, 0.2) is 6.29 Å². The van der Waals surface area contributed by atoms with Crippen LogP contribution in [0.2, 0.25) is 0 Å². The second kappa shape index (κ2) is 5.55. The van der Waals surface area contributed by atoms with Gasteiger partial charge in [-0.3, -0.25) is 0 Å². The van der Waals surface area contributed by atoms with E-state index in [-0.39, 0.29) is 6.61 Å². The molecular weight excluding hydrogens is 204 g/mol. The lowest BCUT2D eigenvalue weighted by atomic mass is 9.99. The minimum Gasteiger partial charge on any atom is -0.394 e. The highest BCUT2D eigenvalue weighted by Gasteiger charge is 2.43. The highest BCUT2D eigenvalue weighted by atomic mass is 16.7. The van der Waals surface area contributed by atoms with Crippen LogP contribution in [0.25, 0.3) is 0 Å². The molecule has 1 rings (SSSR count). The smallest absolute Gasteiger partial charge is 0.187 e. The van der Waals surface area contributed by atoms with Crippen molar-refractivity contribution in [3.8, 4) is 0 Å². The SMILES string of the molecule is C=CCOC1OC(CO)[C@@H](O)C(O)C1O. The molecule has 4 N–H and O–H groups in total. The molecule has 1 heterocycles. The Kier molecular flexibility index (Phi) is 4.65. The summed E-state index contributed by atoms with van der Waals surface area (Å²) in [6.45, 7) is 3.10. The van der Waals surface area contributed by atoms with Gasteiger partial charge in [-0.25, -0.2) is 0 Å². The third kappa shape index (κ3) is 2.75. The summed E-state index contributed by atoms with van der Waals surface area (Å²) in [5, 5.41) is 37.1. The fourth-order valence-electron chi connectivity index (χ4n) is 1.37. The highest BCUT2D eigenvalue weighted by Crippen LogP contribution is 2.21. The van der Waals surface area contributed by atoms with Crippen molar-refractivity contribution in [2.45, 2.75) is 30.7 Å². The summed E-state index contributed by atoms with van der Waals surface area (Å²) in [6, 6.07) is 0. The molecule has 0 aromatic heterocycles. The van der Waals surface area contributed by atoms with Crippen molar-refractivity contribution in [2.24, 2.45) is 0 Å². The van der Waals surface area contributed by atoms with Crippen LogP contribution in [0.4, 0.5) is 0 Å². The Morgan fingerprint density at radius 2 is 1.87 bits per heavy atom. The number of hydrogen-bond donors (Lipinski definition) is 4. The van der Waals surface area contributed by atoms with Crippen molar-refractivity contribution < 1.29 is 29.9 Å². The molecule has 1 fully saturated rings. The second-order valence-corrected chi connectivity index (χ2v) is 3.32. The van der Waals surface area contributed by atoms with Gasteiger partial charge < -0.3 is 29.9 Å². The van der Waals surface area contributed by atoms with Gasteiger partial charge in [0.1, 0.15) is 24.4 Å². The summed E-state index contributed by atoms with van der Waals surface area (Å²) in [4.78, 5) is 0. The monoisotopic (exact) mass is 220 g/mol. The lowest BCUT2D eigenvalue weighted by Gasteiger charge is -2.39. The molecule has 0 aliphatic carbocycles. The Morgan fingerprint density at radius 3 is 2.40 bits per heavy atom. The minimum absolute atomic E-state index is 0.142. The maximum Gasteiger partial charge on any atom is 0.187 e. The molecule has 4 unspecified atom stereocenters. The molecule has 88 valence electrons. The van der Waals surface area contributed by atoms with Crippen LogP contribution in [0.1, 0.15) is 0 Å². The van der Waals surface area contributed by atoms with Crippen LogP contribution < -0.4 is 0 Å². The van der Waals surface area contributed by atoms with Gasteiger partial charge in [-0.05, 0) is 0 Å². The normalized spacial score (nSPS) is 41.5. The van der Waals surface area contributed by atoms with Crippen molar-refractivity contribution >= 4 is 0 Å². The zero-order valence-corrected chi connectivity index (χ0v) is 8.19. The Bertz CT molecular complexity index is 207. The highest BCUT2D eigenvalue weighted by molar-refractivity contribution is 4.89. The molecule has 0 spiro atoms. The summed E-state index contributed by atoms with van der Waals surface area (Å²) < 4.78 is 10.1. The first kappa shape index (κ1) is 12.6. The molecule has 1 aliphatic heterocycles. The Labute approximate surface area is 87.4 Å². The fourth-order valence-corrected chi connectivity index (χ4v) is 1.37. The summed E-state index contributed by atoms with van der Waals surface area (Å²) in [7, 11) is 0. The van der Waals surface area contributed by atoms with E-state index in [1.807, 2.05) is 0 Å². The van der Waals surface area contributed by atoms with Gasteiger partial charge in [0, 0.05) is 0 Å². The van der Waals surface area contributed by atoms with E-state index < -0.39 is 37.3 Å². The maximum absolute atomic E-state index is 9.47. The van der Waals surface area contributed by atoms with Gasteiger partial charge >= 0.3 is 0 Å². The summed E-state index contributed by atoms with van der Waals surface area (Å²) in [5.74, 6) is 0. The van der Waals surface area contributed by atoms with Gasteiger partial charge in [-0.1, -0.05) is 6.08 Å². The predicted octanol–water partition coefficient (Wildman–Crippen LogP) is -2.01. The van der Waals surface area contributed by atoms with Gasteiger partial charge in [0.25, 0.3) is 0 Å². The standard InChI is InChI=1S/C9H16O6/c1-2-3-14-9-8(13)7(12)6(11)5(4-10)15-9/h2,5-13H,1,3-4H2/t5?,6-,7?,8?,9?/m1/s1. The van der Waals surface area contributed by atoms with E-state index in [0.29, 0.717) is 0 Å². The topological polar surface area (TPSA) is 99.4 Å². The zero-order valence-electron chi connectivity index (χ0n) is 8.19. The van der Waals surface area contributed by atoms with Crippen molar-refractivity contribution in [2.75, 3.05) is 13.2 Å². The molecule has 0 radical (unpaired) electrons. The van der Waals surface area contributed by atoms with Crippen molar-refractivity contribution in [3.05, 3.63) is 12.7 Å². The Balaban J connectivity index is 2.60. The lowest BCUT2D eigenvalue weighted by molar-refractivity contribution is -0.298. The number of hydrogen-bond acceptors (Lipinski definition) is 6. The third-order valence-corrected chi connectivity index (χ3v) is 2.23. The molecule has 0 bridgehead atoms. The molecule has 1 saturated heterocycles. The first-order valence-corrected chi connectivity index (χ1v) is 4.64. The van der Waals surface area contributed by atoms with Crippen LogP contribution in [0, 0.1) is 0 Å².